The number of aliphatic hydroxyl groups excluding tert-OH is 1. The van der Waals surface area contributed by atoms with Gasteiger partial charge in [0.25, 0.3) is 0 Å². The van der Waals surface area contributed by atoms with Gasteiger partial charge in [-0.25, -0.2) is 0 Å². The molecule has 0 radical (unpaired) electrons. The molecule has 5 heteroatoms. The van der Waals surface area contributed by atoms with E-state index in [4.69, 9.17) is 16.3 Å². The molecule has 2 aliphatic rings. The minimum Gasteiger partial charge on any atom is -0.390 e. The maximum atomic E-state index is 10.3. The quantitative estimate of drug-likeness (QED) is 0.925. The van der Waals surface area contributed by atoms with Crippen molar-refractivity contribution in [1.82, 2.24) is 4.90 Å². The van der Waals surface area contributed by atoms with E-state index in [-0.39, 0.29) is 6.10 Å². The van der Waals surface area contributed by atoms with E-state index < -0.39 is 6.10 Å². The molecule has 3 unspecified atom stereocenters. The molecule has 0 aromatic carbocycles. The van der Waals surface area contributed by atoms with Gasteiger partial charge in [0.1, 0.15) is 0 Å². The van der Waals surface area contributed by atoms with Gasteiger partial charge in [0, 0.05) is 23.9 Å². The fraction of sp³-hybridized carbons (Fsp3) is 0.692. The maximum Gasteiger partial charge on any atom is 0.0964 e. The summed E-state index contributed by atoms with van der Waals surface area (Å²) in [7, 11) is 0. The third-order valence-electron chi connectivity index (χ3n) is 3.88. The molecule has 0 spiro atoms. The molecule has 2 fully saturated rings. The van der Waals surface area contributed by atoms with E-state index in [2.05, 4.69) is 4.90 Å². The molecule has 18 heavy (non-hydrogen) atoms. The fourth-order valence-corrected chi connectivity index (χ4v) is 4.01. The van der Waals surface area contributed by atoms with Crippen LogP contribution >= 0.6 is 22.9 Å². The third-order valence-corrected chi connectivity index (χ3v) is 5.14. The number of nitrogens with zero attached hydrogens (tertiary/aromatic N) is 1. The SMILES string of the molecule is OC(Cc1ccc(Cl)s1)C1CN2CCCC2CO1. The molecule has 0 saturated carbocycles. The molecular weight excluding hydrogens is 270 g/mol. The number of hydrogen-bond acceptors (Lipinski definition) is 4. The summed E-state index contributed by atoms with van der Waals surface area (Å²) in [4.78, 5) is 3.58. The average Bonchev–Trinajstić information content (AvgIpc) is 2.96. The standard InChI is InChI=1S/C13H18ClNO2S/c14-13-4-3-10(18-13)6-11(16)12-7-15-5-1-2-9(15)8-17-12/h3-4,9,11-12,16H,1-2,5-8H2. The Kier molecular flexibility index (Phi) is 3.91. The Morgan fingerprint density at radius 2 is 2.44 bits per heavy atom. The highest BCUT2D eigenvalue weighted by molar-refractivity contribution is 7.16. The molecule has 3 heterocycles. The van der Waals surface area contributed by atoms with Crippen LogP contribution in [0.4, 0.5) is 0 Å². The normalized spacial score (nSPS) is 30.3. The van der Waals surface area contributed by atoms with Gasteiger partial charge >= 0.3 is 0 Å². The van der Waals surface area contributed by atoms with Gasteiger partial charge in [-0.15, -0.1) is 11.3 Å². The minimum absolute atomic E-state index is 0.0553. The lowest BCUT2D eigenvalue weighted by Crippen LogP contribution is -2.50. The minimum atomic E-state index is -0.429. The van der Waals surface area contributed by atoms with Crippen molar-refractivity contribution < 1.29 is 9.84 Å². The Labute approximate surface area is 116 Å². The molecule has 1 aromatic rings. The van der Waals surface area contributed by atoms with Gasteiger partial charge in [0.15, 0.2) is 0 Å². The van der Waals surface area contributed by atoms with Gasteiger partial charge in [-0.1, -0.05) is 11.6 Å². The molecule has 2 saturated heterocycles. The van der Waals surface area contributed by atoms with Crippen LogP contribution < -0.4 is 0 Å². The van der Waals surface area contributed by atoms with Gasteiger partial charge in [-0.05, 0) is 31.5 Å². The molecular formula is C13H18ClNO2S. The van der Waals surface area contributed by atoms with Crippen molar-refractivity contribution in [3.05, 3.63) is 21.3 Å². The fourth-order valence-electron chi connectivity index (χ4n) is 2.87. The highest BCUT2D eigenvalue weighted by Gasteiger charge is 2.35. The molecule has 1 N–H and O–H groups in total. The van der Waals surface area contributed by atoms with Crippen LogP contribution in [0.15, 0.2) is 12.1 Å². The largest absolute Gasteiger partial charge is 0.390 e. The zero-order valence-electron chi connectivity index (χ0n) is 10.2. The summed E-state index contributed by atoms with van der Waals surface area (Å²) >= 11 is 7.44. The van der Waals surface area contributed by atoms with Crippen LogP contribution in [0.3, 0.4) is 0 Å². The van der Waals surface area contributed by atoms with E-state index in [0.717, 1.165) is 28.9 Å². The van der Waals surface area contributed by atoms with Crippen LogP contribution in [0.1, 0.15) is 17.7 Å². The number of fused-ring (bicyclic) bond motifs is 1. The molecule has 0 amide bonds. The molecule has 3 rings (SSSR count). The lowest BCUT2D eigenvalue weighted by molar-refractivity contribution is -0.101. The Bertz CT molecular complexity index is 411. The van der Waals surface area contributed by atoms with Crippen LogP contribution in [0.25, 0.3) is 0 Å². The summed E-state index contributed by atoms with van der Waals surface area (Å²) in [5.41, 5.74) is 0. The summed E-state index contributed by atoms with van der Waals surface area (Å²) in [6.45, 7) is 2.79. The molecule has 2 aliphatic heterocycles. The van der Waals surface area contributed by atoms with Crippen molar-refractivity contribution in [1.29, 1.82) is 0 Å². The van der Waals surface area contributed by atoms with E-state index in [1.54, 1.807) is 0 Å². The van der Waals surface area contributed by atoms with Crippen LogP contribution in [0.5, 0.6) is 0 Å². The summed E-state index contributed by atoms with van der Waals surface area (Å²) in [5, 5.41) is 10.3. The van der Waals surface area contributed by atoms with E-state index in [0.29, 0.717) is 12.5 Å². The van der Waals surface area contributed by atoms with E-state index in [1.807, 2.05) is 12.1 Å². The van der Waals surface area contributed by atoms with Crippen LogP contribution in [0, 0.1) is 0 Å². The van der Waals surface area contributed by atoms with Crippen LogP contribution in [-0.4, -0.2) is 48.0 Å². The van der Waals surface area contributed by atoms with Gasteiger partial charge in [-0.3, -0.25) is 4.90 Å². The Morgan fingerprint density at radius 1 is 1.56 bits per heavy atom. The predicted molar refractivity (Wildman–Crippen MR) is 73.4 cm³/mol. The average molecular weight is 288 g/mol. The van der Waals surface area contributed by atoms with E-state index in [9.17, 15) is 5.11 Å². The van der Waals surface area contributed by atoms with Crippen molar-refractivity contribution in [2.45, 2.75) is 37.5 Å². The number of hydrogen-bond donors (Lipinski definition) is 1. The zero-order chi connectivity index (χ0) is 12.5. The van der Waals surface area contributed by atoms with Gasteiger partial charge in [0.05, 0.1) is 23.2 Å². The Hall–Kier alpha value is -0.130. The number of thiophene rings is 1. The monoisotopic (exact) mass is 287 g/mol. The van der Waals surface area contributed by atoms with Crippen molar-refractivity contribution in [2.24, 2.45) is 0 Å². The number of rotatable bonds is 3. The molecule has 0 bridgehead atoms. The van der Waals surface area contributed by atoms with Crippen LogP contribution in [-0.2, 0) is 11.2 Å². The van der Waals surface area contributed by atoms with Gasteiger partial charge in [-0.2, -0.15) is 0 Å². The first-order chi connectivity index (χ1) is 8.72. The number of halogens is 1. The van der Waals surface area contributed by atoms with Crippen LogP contribution in [0.2, 0.25) is 4.34 Å². The summed E-state index contributed by atoms with van der Waals surface area (Å²) in [5.74, 6) is 0. The van der Waals surface area contributed by atoms with Gasteiger partial charge < -0.3 is 9.84 Å². The number of aliphatic hydroxyl groups is 1. The topological polar surface area (TPSA) is 32.7 Å². The number of morpholine rings is 1. The molecule has 1 aromatic heterocycles. The predicted octanol–water partition coefficient (Wildman–Crippen LogP) is 2.17. The first kappa shape index (κ1) is 12.9. The zero-order valence-corrected chi connectivity index (χ0v) is 11.8. The second-order valence-electron chi connectivity index (χ2n) is 5.14. The highest BCUT2D eigenvalue weighted by atomic mass is 35.5. The third kappa shape index (κ3) is 2.73. The highest BCUT2D eigenvalue weighted by Crippen LogP contribution is 2.27. The number of ether oxygens (including phenoxy) is 1. The summed E-state index contributed by atoms with van der Waals surface area (Å²) in [6, 6.07) is 4.45. The first-order valence-electron chi connectivity index (χ1n) is 6.50. The lowest BCUT2D eigenvalue weighted by Gasteiger charge is -2.37. The molecule has 100 valence electrons. The van der Waals surface area contributed by atoms with Crippen molar-refractivity contribution in [2.75, 3.05) is 19.7 Å². The van der Waals surface area contributed by atoms with E-state index >= 15 is 0 Å². The second kappa shape index (κ2) is 5.47. The molecule has 3 nitrogen and oxygen atoms in total. The Morgan fingerprint density at radius 3 is 3.22 bits per heavy atom. The maximum absolute atomic E-state index is 10.3. The Balaban J connectivity index is 1.57. The molecule has 3 atom stereocenters. The lowest BCUT2D eigenvalue weighted by atomic mass is 10.1. The smallest absolute Gasteiger partial charge is 0.0964 e. The molecule has 0 aliphatic carbocycles. The van der Waals surface area contributed by atoms with Crippen molar-refractivity contribution in [3.63, 3.8) is 0 Å². The summed E-state index contributed by atoms with van der Waals surface area (Å²) < 4.78 is 6.59. The van der Waals surface area contributed by atoms with Crippen molar-refractivity contribution in [3.8, 4) is 0 Å². The van der Waals surface area contributed by atoms with Crippen molar-refractivity contribution >= 4 is 22.9 Å². The van der Waals surface area contributed by atoms with Gasteiger partial charge in [0.2, 0.25) is 0 Å². The summed E-state index contributed by atoms with van der Waals surface area (Å²) in [6.07, 6.45) is 2.66. The first-order valence-corrected chi connectivity index (χ1v) is 7.70. The van der Waals surface area contributed by atoms with E-state index in [1.165, 1.54) is 24.2 Å². The second-order valence-corrected chi connectivity index (χ2v) is 6.94.